The maximum atomic E-state index is 11.8. The normalized spacial score (nSPS) is 16.7. The monoisotopic (exact) mass is 770 g/mol. The summed E-state index contributed by atoms with van der Waals surface area (Å²) in [6, 6.07) is -1.52. The number of rotatable bonds is 14. The topological polar surface area (TPSA) is 170 Å². The van der Waals surface area contributed by atoms with Crippen molar-refractivity contribution in [2.45, 2.75) is 162 Å². The van der Waals surface area contributed by atoms with E-state index in [-0.39, 0.29) is 51.4 Å². The minimum atomic E-state index is -1.86. The largest absolute Gasteiger partial charge is 1.00 e. The van der Waals surface area contributed by atoms with Crippen LogP contribution in [0.15, 0.2) is 0 Å². The van der Waals surface area contributed by atoms with Gasteiger partial charge in [-0.05, 0) is 145 Å². The summed E-state index contributed by atoms with van der Waals surface area (Å²) < 4.78 is 15.1. The van der Waals surface area contributed by atoms with Crippen LogP contribution in [0.5, 0.6) is 0 Å². The van der Waals surface area contributed by atoms with E-state index in [2.05, 4.69) is 20.4 Å². The van der Waals surface area contributed by atoms with E-state index in [4.69, 9.17) is 14.2 Å². The first kappa shape index (κ1) is 52.3. The van der Waals surface area contributed by atoms with Gasteiger partial charge in [0.05, 0.1) is 7.11 Å². The first-order valence-electron chi connectivity index (χ1n) is 18.5. The number of piperidine rings is 2. The van der Waals surface area contributed by atoms with E-state index in [9.17, 15) is 29.1 Å². The third kappa shape index (κ3) is 33.5. The minimum Gasteiger partial charge on any atom is -0.859 e. The Morgan fingerprint density at radius 2 is 1.02 bits per heavy atom. The number of methoxy groups -OCH3 is 1. The van der Waals surface area contributed by atoms with Crippen LogP contribution in [0.3, 0.4) is 0 Å². The third-order valence-electron chi connectivity index (χ3n) is 7.50. The number of unbranched alkanes of at least 4 members (excludes halogenated alkanes) is 2. The Kier molecular flexibility index (Phi) is 28.5. The number of nitrogens with zero attached hydrogens (tertiary/aromatic N) is 2. The van der Waals surface area contributed by atoms with Gasteiger partial charge in [-0.15, -0.1) is 0 Å². The quantitative estimate of drug-likeness (QED) is 0.103. The molecule has 0 radical (unpaired) electrons. The Hall–Kier alpha value is -0.787. The Labute approximate surface area is 352 Å². The molecule has 2 fully saturated rings. The third-order valence-corrected chi connectivity index (χ3v) is 7.50. The van der Waals surface area contributed by atoms with Crippen LogP contribution < -0.4 is 66.8 Å². The van der Waals surface area contributed by atoms with Crippen LogP contribution in [-0.2, 0) is 23.8 Å². The van der Waals surface area contributed by atoms with Gasteiger partial charge in [-0.3, -0.25) is 0 Å². The predicted octanol–water partition coefficient (Wildman–Crippen LogP) is 2.52. The number of carbonyl (C=O) groups is 4. The molecule has 2 amide bonds. The zero-order valence-corrected chi connectivity index (χ0v) is 38.1. The zero-order chi connectivity index (χ0) is 38.4. The van der Waals surface area contributed by atoms with Gasteiger partial charge in [0.15, 0.2) is 0 Å². The standard InChI is InChI=1S/C17H32N2O4.C16H30N2O4.C3H9OSi.K/c1-17(2,3)23-16(21)18-14(15(20)22-4)10-6-9-13-19-11-7-5-8-12-19;1-16(2,3)22-15(21)17-13(14(19)20)9-5-8-12-18-10-6-4-7-11-18;1-5(2,3)4;/h14H,5-13H2,1-4H3,(H,18,21);13H,4-12H2,1-3H3,(H,17,21)(H,19,20);1-3H3;/q;;-1;+1/t14-;13-;;/m11../s1. The summed E-state index contributed by atoms with van der Waals surface area (Å²) in [7, 11) is -0.528. The van der Waals surface area contributed by atoms with Gasteiger partial charge in [-0.2, -0.15) is 0 Å². The van der Waals surface area contributed by atoms with E-state index >= 15 is 0 Å². The fraction of sp³-hybridized carbons (Fsp3) is 0.889. The van der Waals surface area contributed by atoms with Crippen LogP contribution in [0.2, 0.25) is 19.6 Å². The van der Waals surface area contributed by atoms with Crippen LogP contribution in [0.25, 0.3) is 0 Å². The van der Waals surface area contributed by atoms with Crippen molar-refractivity contribution in [3.63, 3.8) is 0 Å². The number of amides is 2. The van der Waals surface area contributed by atoms with Gasteiger partial charge in [-0.1, -0.05) is 40.8 Å². The number of aliphatic carboxylic acids is 1. The average molecular weight is 771 g/mol. The van der Waals surface area contributed by atoms with E-state index in [1.165, 1.54) is 58.7 Å². The van der Waals surface area contributed by atoms with Crippen molar-refractivity contribution in [3.05, 3.63) is 0 Å². The van der Waals surface area contributed by atoms with Crippen molar-refractivity contribution in [2.24, 2.45) is 0 Å². The minimum absolute atomic E-state index is 0. The molecule has 2 atom stereocenters. The second-order valence-electron chi connectivity index (χ2n) is 16.2. The molecule has 2 heterocycles. The van der Waals surface area contributed by atoms with Crippen molar-refractivity contribution in [1.29, 1.82) is 0 Å². The number of carbonyl (C=O) groups excluding carboxylic acids is 3. The number of nitrogens with one attached hydrogen (secondary N) is 2. The summed E-state index contributed by atoms with van der Waals surface area (Å²) in [5.74, 6) is -1.43. The van der Waals surface area contributed by atoms with Crippen LogP contribution in [0.1, 0.15) is 119 Å². The van der Waals surface area contributed by atoms with Crippen LogP contribution in [-0.4, -0.2) is 117 Å². The summed E-state index contributed by atoms with van der Waals surface area (Å²) >= 11 is 0. The fourth-order valence-electron chi connectivity index (χ4n) is 5.28. The van der Waals surface area contributed by atoms with Gasteiger partial charge in [0.2, 0.25) is 0 Å². The van der Waals surface area contributed by atoms with Gasteiger partial charge >= 0.3 is 75.5 Å². The molecule has 0 aromatic heterocycles. The first-order chi connectivity index (χ1) is 23.1. The summed E-state index contributed by atoms with van der Waals surface area (Å²) in [6.45, 7) is 22.7. The molecule has 0 aromatic carbocycles. The zero-order valence-electron chi connectivity index (χ0n) is 34.0. The molecule has 0 aliphatic carbocycles. The molecule has 2 aliphatic rings. The van der Waals surface area contributed by atoms with Gasteiger partial charge in [0, 0.05) is 0 Å². The Morgan fingerprint density at radius 3 is 1.33 bits per heavy atom. The summed E-state index contributed by atoms with van der Waals surface area (Å²) in [4.78, 5) is 61.6. The molecular formula is C36H71KN4O9Si. The maximum absolute atomic E-state index is 11.8. The van der Waals surface area contributed by atoms with Crippen LogP contribution in [0, 0.1) is 0 Å². The molecule has 0 bridgehead atoms. The molecule has 2 rings (SSSR count). The molecule has 51 heavy (non-hydrogen) atoms. The molecule has 15 heteroatoms. The summed E-state index contributed by atoms with van der Waals surface area (Å²) in [6.07, 6.45) is 11.1. The predicted molar refractivity (Wildman–Crippen MR) is 198 cm³/mol. The fourth-order valence-corrected chi connectivity index (χ4v) is 5.28. The summed E-state index contributed by atoms with van der Waals surface area (Å²) in [5.41, 5.74) is -1.21. The van der Waals surface area contributed by atoms with E-state index in [0.717, 1.165) is 51.9 Å². The Morgan fingerprint density at radius 1 is 0.686 bits per heavy atom. The summed E-state index contributed by atoms with van der Waals surface area (Å²) in [5, 5.41) is 14.2. The van der Waals surface area contributed by atoms with Crippen LogP contribution >= 0.6 is 0 Å². The molecule has 0 spiro atoms. The van der Waals surface area contributed by atoms with Crippen molar-refractivity contribution in [1.82, 2.24) is 20.4 Å². The second-order valence-corrected chi connectivity index (χ2v) is 20.4. The number of ether oxygens (including phenoxy) is 3. The second kappa shape index (κ2) is 27.7. The van der Waals surface area contributed by atoms with Gasteiger partial charge in [-0.25, -0.2) is 19.2 Å². The Bertz CT molecular complexity index is 969. The van der Waals surface area contributed by atoms with Crippen molar-refractivity contribution < 1.29 is 94.7 Å². The number of esters is 1. The number of likely N-dealkylation sites (tertiary alicyclic amines) is 2. The molecule has 0 aromatic rings. The molecule has 0 unspecified atom stereocenters. The smallest absolute Gasteiger partial charge is 0.859 e. The van der Waals surface area contributed by atoms with Crippen molar-refractivity contribution in [2.75, 3.05) is 46.4 Å². The SMILES string of the molecule is CC(C)(C)OC(=O)N[C@H](CCCCN1CCCCC1)C(=O)O.COC(=O)[C@@H](CCCCN1CCCCC1)NC(=O)OC(C)(C)C.C[Si](C)(C)[O-].[K+]. The van der Waals surface area contributed by atoms with E-state index in [1.54, 1.807) is 61.2 Å². The van der Waals surface area contributed by atoms with Crippen LogP contribution in [0.4, 0.5) is 9.59 Å². The maximum Gasteiger partial charge on any atom is 1.00 e. The average Bonchev–Trinajstić information content (AvgIpc) is 2.98. The molecule has 0 saturated carbocycles. The molecule has 2 saturated heterocycles. The number of hydrogen-bond acceptors (Lipinski definition) is 10. The van der Waals surface area contributed by atoms with Gasteiger partial charge in [0.1, 0.15) is 23.3 Å². The number of hydrogen-bond donors (Lipinski definition) is 3. The van der Waals surface area contributed by atoms with E-state index < -0.39 is 55.7 Å². The van der Waals surface area contributed by atoms with Gasteiger partial charge < -0.3 is 44.5 Å². The van der Waals surface area contributed by atoms with E-state index in [0.29, 0.717) is 12.8 Å². The van der Waals surface area contributed by atoms with Crippen molar-refractivity contribution >= 4 is 32.4 Å². The number of carboxylic acid groups (broad SMARTS) is 1. The Balaban J connectivity index is 0. The number of alkyl carbamates (subject to hydrolysis) is 2. The van der Waals surface area contributed by atoms with Gasteiger partial charge in [0.25, 0.3) is 0 Å². The number of carboxylic acids is 1. The molecule has 13 nitrogen and oxygen atoms in total. The van der Waals surface area contributed by atoms with E-state index in [1.807, 2.05) is 0 Å². The molecule has 3 N–H and O–H groups in total. The molecular weight excluding hydrogens is 700 g/mol. The first-order valence-corrected chi connectivity index (χ1v) is 21.9. The molecule has 294 valence electrons. The van der Waals surface area contributed by atoms with Crippen molar-refractivity contribution in [3.8, 4) is 0 Å². The molecule has 2 aliphatic heterocycles.